The molecule has 3 aromatic carbocycles. The van der Waals surface area contributed by atoms with Crippen molar-refractivity contribution in [1.29, 1.82) is 5.26 Å². The number of benzene rings is 3. The average molecular weight is 532 g/mol. The molecule has 0 atom stereocenters. The largest absolute Gasteiger partial charge is 0.510 e. The fraction of sp³-hybridized carbons (Fsp3) is 0.111. The minimum atomic E-state index is -0.650. The second-order valence-electron chi connectivity index (χ2n) is 7.74. The molecule has 1 amide bonds. The van der Waals surface area contributed by atoms with E-state index in [1.807, 2.05) is 71.3 Å². The van der Waals surface area contributed by atoms with Crippen LogP contribution in [0.3, 0.4) is 0 Å². The summed E-state index contributed by atoms with van der Waals surface area (Å²) in [7, 11) is 1.59. The number of aliphatic hydroxyl groups excluding tert-OH is 1. The Bertz CT molecular complexity index is 1450. The number of rotatable bonds is 9. The van der Waals surface area contributed by atoms with E-state index in [-0.39, 0.29) is 23.6 Å². The molecule has 0 aliphatic carbocycles. The number of nitrogens with zero attached hydrogens (tertiary/aromatic N) is 4. The Kier molecular flexibility index (Phi) is 8.46. The number of ether oxygens (including phenoxy) is 1. The van der Waals surface area contributed by atoms with Gasteiger partial charge < -0.3 is 15.2 Å². The topological polar surface area (TPSA) is 113 Å². The fourth-order valence-electron chi connectivity index (χ4n) is 3.43. The molecule has 0 radical (unpaired) electrons. The quantitative estimate of drug-likeness (QED) is 0.130. The number of thioether (sulfide) groups is 1. The highest BCUT2D eigenvalue weighted by Crippen LogP contribution is 2.30. The summed E-state index contributed by atoms with van der Waals surface area (Å²) in [4.78, 5) is 12.5. The third-order valence-electron chi connectivity index (χ3n) is 5.33. The Morgan fingerprint density at radius 2 is 1.78 bits per heavy atom. The molecule has 0 unspecified atom stereocenters. The second-order valence-corrected chi connectivity index (χ2v) is 9.12. The van der Waals surface area contributed by atoms with E-state index in [9.17, 15) is 15.2 Å². The van der Waals surface area contributed by atoms with E-state index in [0.717, 1.165) is 28.6 Å². The number of hydrogen-bond acceptors (Lipinski definition) is 7. The van der Waals surface area contributed by atoms with Crippen LogP contribution in [0.1, 0.15) is 5.56 Å². The summed E-state index contributed by atoms with van der Waals surface area (Å²) < 4.78 is 7.06. The second kappa shape index (κ2) is 12.1. The van der Waals surface area contributed by atoms with Crippen LogP contribution in [0.15, 0.2) is 95.4 Å². The van der Waals surface area contributed by atoms with Crippen LogP contribution in [-0.2, 0) is 11.3 Å². The number of nitriles is 1. The van der Waals surface area contributed by atoms with Crippen LogP contribution in [0.2, 0.25) is 5.02 Å². The Morgan fingerprint density at radius 3 is 2.43 bits per heavy atom. The predicted octanol–water partition coefficient (Wildman–Crippen LogP) is 5.34. The maximum Gasteiger partial charge on any atom is 0.265 e. The van der Waals surface area contributed by atoms with E-state index >= 15 is 0 Å². The van der Waals surface area contributed by atoms with Gasteiger partial charge in [0.2, 0.25) is 0 Å². The fourth-order valence-corrected chi connectivity index (χ4v) is 4.39. The lowest BCUT2D eigenvalue weighted by Crippen LogP contribution is -2.25. The first-order valence-corrected chi connectivity index (χ1v) is 12.5. The van der Waals surface area contributed by atoms with Crippen molar-refractivity contribution >= 4 is 29.3 Å². The third kappa shape index (κ3) is 6.30. The van der Waals surface area contributed by atoms with E-state index in [0.29, 0.717) is 21.8 Å². The number of halogens is 1. The first-order chi connectivity index (χ1) is 18.0. The lowest BCUT2D eigenvalue weighted by Gasteiger charge is -2.11. The molecule has 1 aromatic heterocycles. The van der Waals surface area contributed by atoms with Gasteiger partial charge in [0.25, 0.3) is 5.91 Å². The zero-order valence-electron chi connectivity index (χ0n) is 19.8. The van der Waals surface area contributed by atoms with Crippen LogP contribution >= 0.6 is 23.4 Å². The van der Waals surface area contributed by atoms with Gasteiger partial charge in [0, 0.05) is 22.8 Å². The van der Waals surface area contributed by atoms with Crippen molar-refractivity contribution in [3.63, 3.8) is 0 Å². The van der Waals surface area contributed by atoms with Crippen LogP contribution in [0.4, 0.5) is 0 Å². The van der Waals surface area contributed by atoms with Crippen molar-refractivity contribution in [2.45, 2.75) is 11.7 Å². The van der Waals surface area contributed by atoms with Crippen molar-refractivity contribution in [2.75, 3.05) is 12.9 Å². The number of methoxy groups -OCH3 is 1. The highest BCUT2D eigenvalue weighted by Gasteiger charge is 2.20. The minimum absolute atomic E-state index is 0.0595. The van der Waals surface area contributed by atoms with Crippen molar-refractivity contribution in [2.24, 2.45) is 0 Å². The van der Waals surface area contributed by atoms with Crippen LogP contribution in [-0.4, -0.2) is 38.6 Å². The molecule has 0 aliphatic rings. The number of nitrogens with one attached hydrogen (secondary N) is 1. The molecule has 8 nitrogen and oxygen atoms in total. The molecule has 0 aliphatic heterocycles. The third-order valence-corrected chi connectivity index (χ3v) is 6.52. The predicted molar refractivity (Wildman–Crippen MR) is 143 cm³/mol. The summed E-state index contributed by atoms with van der Waals surface area (Å²) in [6, 6.07) is 25.7. The van der Waals surface area contributed by atoms with E-state index in [1.165, 1.54) is 0 Å². The van der Waals surface area contributed by atoms with Gasteiger partial charge in [-0.25, -0.2) is 0 Å². The number of carbonyl (C=O) groups excluding carboxylic acids is 1. The zero-order chi connectivity index (χ0) is 26.2. The van der Waals surface area contributed by atoms with Crippen molar-refractivity contribution < 1.29 is 14.6 Å². The monoisotopic (exact) mass is 531 g/mol. The van der Waals surface area contributed by atoms with Crippen molar-refractivity contribution in [1.82, 2.24) is 20.1 Å². The van der Waals surface area contributed by atoms with Gasteiger partial charge in [-0.2, -0.15) is 5.26 Å². The minimum Gasteiger partial charge on any atom is -0.510 e. The van der Waals surface area contributed by atoms with Crippen molar-refractivity contribution in [3.05, 3.63) is 101 Å². The molecule has 10 heteroatoms. The summed E-state index contributed by atoms with van der Waals surface area (Å²) in [6.45, 7) is 0.237. The Labute approximate surface area is 223 Å². The number of aliphatic hydroxyl groups is 1. The average Bonchev–Trinajstić information content (AvgIpc) is 3.36. The van der Waals surface area contributed by atoms with Gasteiger partial charge >= 0.3 is 0 Å². The van der Waals surface area contributed by atoms with Crippen LogP contribution < -0.4 is 10.1 Å². The molecule has 4 aromatic rings. The van der Waals surface area contributed by atoms with Gasteiger partial charge in [0.1, 0.15) is 17.6 Å². The Balaban J connectivity index is 1.58. The number of aromatic nitrogens is 3. The molecule has 4 rings (SSSR count). The molecule has 0 saturated carbocycles. The van der Waals surface area contributed by atoms with Gasteiger partial charge in [0.05, 0.1) is 12.9 Å². The molecule has 186 valence electrons. The Morgan fingerprint density at radius 1 is 1.08 bits per heavy atom. The summed E-state index contributed by atoms with van der Waals surface area (Å²) in [6.07, 6.45) is 0. The normalized spacial score (nSPS) is 11.4. The highest BCUT2D eigenvalue weighted by molar-refractivity contribution is 7.99. The number of hydrogen-bond donors (Lipinski definition) is 2. The van der Waals surface area contributed by atoms with E-state index in [1.54, 1.807) is 25.3 Å². The van der Waals surface area contributed by atoms with Gasteiger partial charge in [-0.15, -0.1) is 10.2 Å². The molecule has 0 spiro atoms. The molecule has 0 fully saturated rings. The summed E-state index contributed by atoms with van der Waals surface area (Å²) in [5.41, 5.74) is 2.08. The molecule has 1 heterocycles. The van der Waals surface area contributed by atoms with Crippen LogP contribution in [0, 0.1) is 11.3 Å². The highest BCUT2D eigenvalue weighted by atomic mass is 35.5. The van der Waals surface area contributed by atoms with Gasteiger partial charge in [-0.3, -0.25) is 9.36 Å². The standard InChI is InChI=1S/C27H22ClN5O3S/c1-36-22-13-7-19(8-14-22)25-31-32-27(33(25)21-11-9-20(28)10-12-21)37-17-24(34)23(15-29)26(35)30-16-18-5-3-2-4-6-18/h2-14,34H,16-17H2,1H3,(H,30,35)/b24-23+. The van der Waals surface area contributed by atoms with Gasteiger partial charge in [-0.05, 0) is 54.1 Å². The van der Waals surface area contributed by atoms with Crippen LogP contribution in [0.25, 0.3) is 17.1 Å². The van der Waals surface area contributed by atoms with Gasteiger partial charge in [-0.1, -0.05) is 53.7 Å². The van der Waals surface area contributed by atoms with Crippen molar-refractivity contribution in [3.8, 4) is 28.9 Å². The summed E-state index contributed by atoms with van der Waals surface area (Å²) >= 11 is 7.23. The first kappa shape index (κ1) is 25.8. The molecular formula is C27H22ClN5O3S. The molecule has 37 heavy (non-hydrogen) atoms. The summed E-state index contributed by atoms with van der Waals surface area (Å²) in [5.74, 6) is 0.213. The SMILES string of the molecule is COc1ccc(-c2nnc(SC/C(O)=C(/C#N)C(=O)NCc3ccccc3)n2-c2ccc(Cl)cc2)cc1. The summed E-state index contributed by atoms with van der Waals surface area (Å²) in [5, 5.41) is 32.5. The lowest BCUT2D eigenvalue weighted by molar-refractivity contribution is -0.117. The van der Waals surface area contributed by atoms with Crippen LogP contribution in [0.5, 0.6) is 5.75 Å². The first-order valence-electron chi connectivity index (χ1n) is 11.1. The maximum atomic E-state index is 12.5. The molecular weight excluding hydrogens is 510 g/mol. The number of amides is 1. The molecule has 2 N–H and O–H groups in total. The van der Waals surface area contributed by atoms with E-state index in [4.69, 9.17) is 16.3 Å². The zero-order valence-corrected chi connectivity index (χ0v) is 21.3. The maximum absolute atomic E-state index is 12.5. The smallest absolute Gasteiger partial charge is 0.265 e. The Hall–Kier alpha value is -4.26. The van der Waals surface area contributed by atoms with Gasteiger partial charge in [0.15, 0.2) is 16.6 Å². The number of carbonyl (C=O) groups is 1. The van der Waals surface area contributed by atoms with E-state index < -0.39 is 5.91 Å². The molecule has 0 saturated heterocycles. The van der Waals surface area contributed by atoms with E-state index in [2.05, 4.69) is 15.5 Å². The molecule has 0 bridgehead atoms. The lowest BCUT2D eigenvalue weighted by atomic mass is 10.2.